The molecule has 0 aliphatic carbocycles. The number of methoxy groups -OCH3 is 1. The number of benzene rings is 1. The van der Waals surface area contributed by atoms with E-state index in [4.69, 9.17) is 4.74 Å². The Morgan fingerprint density at radius 3 is 2.46 bits per heavy atom. The van der Waals surface area contributed by atoms with Crippen molar-refractivity contribution in [3.63, 3.8) is 0 Å². The number of piperidine rings is 1. The van der Waals surface area contributed by atoms with Gasteiger partial charge >= 0.3 is 0 Å². The molecule has 2 aromatic rings. The van der Waals surface area contributed by atoms with Crippen molar-refractivity contribution in [1.82, 2.24) is 15.5 Å². The predicted octanol–water partition coefficient (Wildman–Crippen LogP) is 3.66. The Morgan fingerprint density at radius 1 is 1.19 bits per heavy atom. The van der Waals surface area contributed by atoms with Crippen molar-refractivity contribution in [3.8, 4) is 22.1 Å². The lowest BCUT2D eigenvalue weighted by molar-refractivity contribution is 0.161. The highest BCUT2D eigenvalue weighted by molar-refractivity contribution is 7.18. The highest BCUT2D eigenvalue weighted by Gasteiger charge is 2.39. The van der Waals surface area contributed by atoms with Gasteiger partial charge in [-0.05, 0) is 52.7 Å². The monoisotopic (exact) mass is 376 g/mol. The van der Waals surface area contributed by atoms with Gasteiger partial charge in [0.1, 0.15) is 11.5 Å². The fourth-order valence-corrected chi connectivity index (χ4v) is 4.93. The van der Waals surface area contributed by atoms with Gasteiger partial charge in [-0.25, -0.2) is 0 Å². The van der Waals surface area contributed by atoms with Crippen LogP contribution in [0.25, 0.3) is 10.6 Å². The summed E-state index contributed by atoms with van der Waals surface area (Å²) >= 11 is 1.55. The second kappa shape index (κ2) is 6.70. The fourth-order valence-electron chi connectivity index (χ4n) is 4.02. The van der Waals surface area contributed by atoms with Crippen molar-refractivity contribution in [3.05, 3.63) is 18.2 Å². The summed E-state index contributed by atoms with van der Waals surface area (Å²) in [7, 11) is 3.69. The topological polar surface area (TPSA) is 70.5 Å². The fraction of sp³-hybridized carbons (Fsp3) is 0.579. The molecule has 0 spiro atoms. The minimum atomic E-state index is 0.0777. The van der Waals surface area contributed by atoms with Gasteiger partial charge in [-0.1, -0.05) is 11.3 Å². The predicted molar refractivity (Wildman–Crippen MR) is 106 cm³/mol. The van der Waals surface area contributed by atoms with E-state index in [9.17, 15) is 5.11 Å². The average Bonchev–Trinajstić information content (AvgIpc) is 3.00. The van der Waals surface area contributed by atoms with E-state index in [1.54, 1.807) is 30.6 Å². The zero-order valence-corrected chi connectivity index (χ0v) is 17.1. The third-order valence-electron chi connectivity index (χ3n) is 4.85. The molecule has 7 heteroatoms. The number of phenolic OH excluding ortho intramolecular Hbond substituents is 1. The summed E-state index contributed by atoms with van der Waals surface area (Å²) in [6, 6.07) is 5.44. The molecule has 6 nitrogen and oxygen atoms in total. The highest BCUT2D eigenvalue weighted by Crippen LogP contribution is 2.38. The second-order valence-electron chi connectivity index (χ2n) is 8.34. The number of hydrogen-bond acceptors (Lipinski definition) is 7. The van der Waals surface area contributed by atoms with Gasteiger partial charge in [0, 0.05) is 30.2 Å². The molecule has 0 bridgehead atoms. The van der Waals surface area contributed by atoms with E-state index >= 15 is 0 Å². The first-order valence-electron chi connectivity index (χ1n) is 8.83. The van der Waals surface area contributed by atoms with Crippen LogP contribution in [0, 0.1) is 0 Å². The minimum Gasteiger partial charge on any atom is -0.508 e. The standard InChI is InChI=1S/C19H28N4O2S/c1-18(2)10-12(11-19(3,4)22-18)23(5)17-21-20-16(26-17)14-8-7-13(24)9-15(14)25-6/h7-9,12,22,24H,10-11H2,1-6H3. The largest absolute Gasteiger partial charge is 0.508 e. The number of aromatic hydroxyl groups is 1. The molecule has 1 aromatic heterocycles. The SMILES string of the molecule is COc1cc(O)ccc1-c1nnc(N(C)C2CC(C)(C)NC(C)(C)C2)s1. The van der Waals surface area contributed by atoms with Crippen molar-refractivity contribution in [2.75, 3.05) is 19.1 Å². The molecule has 1 fully saturated rings. The molecule has 0 atom stereocenters. The molecule has 0 amide bonds. The summed E-state index contributed by atoms with van der Waals surface area (Å²) in [5.41, 5.74) is 0.997. The average molecular weight is 377 g/mol. The molecule has 2 heterocycles. The molecule has 0 unspecified atom stereocenters. The summed E-state index contributed by atoms with van der Waals surface area (Å²) in [4.78, 5) is 2.25. The molecule has 1 aromatic carbocycles. The minimum absolute atomic E-state index is 0.0777. The third-order valence-corrected chi connectivity index (χ3v) is 5.90. The van der Waals surface area contributed by atoms with Crippen LogP contribution in [0.4, 0.5) is 5.13 Å². The van der Waals surface area contributed by atoms with E-state index in [0.29, 0.717) is 11.8 Å². The molecule has 142 valence electrons. The second-order valence-corrected chi connectivity index (χ2v) is 9.30. The van der Waals surface area contributed by atoms with Crippen molar-refractivity contribution in [2.45, 2.75) is 57.7 Å². The van der Waals surface area contributed by atoms with Crippen LogP contribution >= 0.6 is 11.3 Å². The molecular weight excluding hydrogens is 348 g/mol. The van der Waals surface area contributed by atoms with E-state index in [-0.39, 0.29) is 16.8 Å². The van der Waals surface area contributed by atoms with E-state index in [1.165, 1.54) is 0 Å². The number of aromatic nitrogens is 2. The number of rotatable bonds is 4. The van der Waals surface area contributed by atoms with Crippen LogP contribution in [0.3, 0.4) is 0 Å². The van der Waals surface area contributed by atoms with Crippen molar-refractivity contribution in [1.29, 1.82) is 0 Å². The Labute approximate surface area is 159 Å². The zero-order chi connectivity index (χ0) is 19.1. The van der Waals surface area contributed by atoms with Crippen LogP contribution in [-0.4, -0.2) is 46.6 Å². The zero-order valence-electron chi connectivity index (χ0n) is 16.3. The molecule has 1 saturated heterocycles. The number of anilines is 1. The lowest BCUT2D eigenvalue weighted by Gasteiger charge is -2.48. The molecule has 3 rings (SSSR count). The van der Waals surface area contributed by atoms with Gasteiger partial charge in [-0.3, -0.25) is 0 Å². The van der Waals surface area contributed by atoms with E-state index in [1.807, 2.05) is 6.07 Å². The van der Waals surface area contributed by atoms with Crippen molar-refractivity contribution >= 4 is 16.5 Å². The molecule has 1 aliphatic heterocycles. The summed E-state index contributed by atoms with van der Waals surface area (Å²) < 4.78 is 5.38. The maximum absolute atomic E-state index is 9.65. The Hall–Kier alpha value is -1.86. The van der Waals surface area contributed by atoms with Crippen LogP contribution in [0.5, 0.6) is 11.5 Å². The van der Waals surface area contributed by atoms with E-state index in [0.717, 1.165) is 28.5 Å². The first-order chi connectivity index (χ1) is 12.1. The molecule has 2 N–H and O–H groups in total. The van der Waals surface area contributed by atoms with Gasteiger partial charge in [-0.15, -0.1) is 10.2 Å². The Bertz CT molecular complexity index is 772. The van der Waals surface area contributed by atoms with Gasteiger partial charge in [0.2, 0.25) is 5.13 Å². The van der Waals surface area contributed by atoms with Crippen LogP contribution in [0.2, 0.25) is 0 Å². The van der Waals surface area contributed by atoms with Crippen LogP contribution in [0.1, 0.15) is 40.5 Å². The summed E-state index contributed by atoms with van der Waals surface area (Å²) in [6.07, 6.45) is 2.09. The quantitative estimate of drug-likeness (QED) is 0.848. The Morgan fingerprint density at radius 2 is 1.85 bits per heavy atom. The van der Waals surface area contributed by atoms with Crippen molar-refractivity contribution < 1.29 is 9.84 Å². The van der Waals surface area contributed by atoms with Crippen molar-refractivity contribution in [2.24, 2.45) is 0 Å². The molecular formula is C19H28N4O2S. The van der Waals surface area contributed by atoms with E-state index < -0.39 is 0 Å². The van der Waals surface area contributed by atoms with Crippen LogP contribution in [-0.2, 0) is 0 Å². The number of phenols is 1. The van der Waals surface area contributed by atoms with Crippen LogP contribution in [0.15, 0.2) is 18.2 Å². The van der Waals surface area contributed by atoms with E-state index in [2.05, 4.69) is 55.2 Å². The maximum Gasteiger partial charge on any atom is 0.208 e. The van der Waals surface area contributed by atoms with Gasteiger partial charge in [0.15, 0.2) is 5.01 Å². The highest BCUT2D eigenvalue weighted by atomic mass is 32.1. The molecule has 0 radical (unpaired) electrons. The molecule has 0 saturated carbocycles. The number of nitrogens with zero attached hydrogens (tertiary/aromatic N) is 3. The first kappa shape index (κ1) is 18.9. The third kappa shape index (κ3) is 3.94. The lowest BCUT2D eigenvalue weighted by Crippen LogP contribution is -2.61. The molecule has 26 heavy (non-hydrogen) atoms. The lowest BCUT2D eigenvalue weighted by atomic mass is 9.79. The van der Waals surface area contributed by atoms with Gasteiger partial charge in [-0.2, -0.15) is 0 Å². The Kier molecular flexibility index (Phi) is 4.88. The summed E-state index contributed by atoms with van der Waals surface area (Å²) in [5.74, 6) is 0.770. The van der Waals surface area contributed by atoms with Crippen LogP contribution < -0.4 is 15.0 Å². The Balaban J connectivity index is 1.86. The number of nitrogens with one attached hydrogen (secondary N) is 1. The normalized spacial score (nSPS) is 19.3. The summed E-state index contributed by atoms with van der Waals surface area (Å²) in [5, 5.41) is 23.8. The van der Waals surface area contributed by atoms with Gasteiger partial charge in [0.25, 0.3) is 0 Å². The molecule has 1 aliphatic rings. The smallest absolute Gasteiger partial charge is 0.208 e. The first-order valence-corrected chi connectivity index (χ1v) is 9.65. The number of hydrogen-bond donors (Lipinski definition) is 2. The number of ether oxygens (including phenoxy) is 1. The maximum atomic E-state index is 9.65. The summed E-state index contributed by atoms with van der Waals surface area (Å²) in [6.45, 7) is 9.01. The van der Waals surface area contributed by atoms with Gasteiger partial charge in [0.05, 0.1) is 12.7 Å². The van der Waals surface area contributed by atoms with Gasteiger partial charge < -0.3 is 20.1 Å².